The molecule has 1 heterocycles. The van der Waals surface area contributed by atoms with Gasteiger partial charge < -0.3 is 19.5 Å². The molecule has 132 valence electrons. The van der Waals surface area contributed by atoms with Crippen LogP contribution in [-0.4, -0.2) is 32.5 Å². The number of carbonyl (C=O) groups excluding carboxylic acids is 1. The minimum atomic E-state index is -0.0939. The number of nitrogens with one attached hydrogen (secondary N) is 1. The zero-order chi connectivity index (χ0) is 17.8. The summed E-state index contributed by atoms with van der Waals surface area (Å²) in [6.07, 6.45) is 0.760. The Labute approximate surface area is 151 Å². The summed E-state index contributed by atoms with van der Waals surface area (Å²) >= 11 is 1.62. The molecule has 1 N–H and O–H groups in total. The molecular formula is C19H21NO4S. The van der Waals surface area contributed by atoms with Crippen molar-refractivity contribution in [3.63, 3.8) is 0 Å². The Morgan fingerprint density at radius 3 is 2.44 bits per heavy atom. The number of ether oxygens (including phenoxy) is 3. The Balaban J connectivity index is 1.68. The molecule has 1 amide bonds. The molecule has 25 heavy (non-hydrogen) atoms. The first-order valence-corrected chi connectivity index (χ1v) is 8.85. The summed E-state index contributed by atoms with van der Waals surface area (Å²) in [4.78, 5) is 13.7. The van der Waals surface area contributed by atoms with Gasteiger partial charge in [-0.25, -0.2) is 0 Å². The predicted octanol–water partition coefficient (Wildman–Crippen LogP) is 3.05. The fourth-order valence-corrected chi connectivity index (χ4v) is 4.07. The molecule has 0 aromatic heterocycles. The highest BCUT2D eigenvalue weighted by Crippen LogP contribution is 2.37. The smallest absolute Gasteiger partial charge is 0.234 e. The van der Waals surface area contributed by atoms with E-state index < -0.39 is 0 Å². The van der Waals surface area contributed by atoms with Crippen LogP contribution >= 0.6 is 11.8 Å². The maximum atomic E-state index is 12.5. The van der Waals surface area contributed by atoms with E-state index in [0.717, 1.165) is 12.0 Å². The van der Waals surface area contributed by atoms with E-state index in [1.54, 1.807) is 39.2 Å². The quantitative estimate of drug-likeness (QED) is 0.859. The first-order valence-electron chi connectivity index (χ1n) is 7.97. The van der Waals surface area contributed by atoms with Crippen LogP contribution < -0.4 is 19.5 Å². The summed E-state index contributed by atoms with van der Waals surface area (Å²) in [7, 11) is 4.75. The van der Waals surface area contributed by atoms with Crippen LogP contribution in [0.1, 0.15) is 11.1 Å². The molecule has 0 spiro atoms. The number of hydrogen-bond acceptors (Lipinski definition) is 5. The second-order valence-electron chi connectivity index (χ2n) is 5.66. The lowest BCUT2D eigenvalue weighted by atomic mass is 10.1. The summed E-state index contributed by atoms with van der Waals surface area (Å²) in [5, 5.41) is 2.91. The lowest BCUT2D eigenvalue weighted by molar-refractivity contribution is -0.120. The Kier molecular flexibility index (Phi) is 5.38. The standard InChI is InChI=1S/C19H21NO4S/c1-22-14-10-16(24-3)15(23-2)8-13(14)11-20-19(21)18-9-12-6-4-5-7-17(12)25-18/h4-8,10,18H,9,11H2,1-3H3,(H,20,21)/t18-/m1/s1. The van der Waals surface area contributed by atoms with Crippen molar-refractivity contribution < 1.29 is 19.0 Å². The van der Waals surface area contributed by atoms with Gasteiger partial charge in [0.15, 0.2) is 11.5 Å². The Hall–Kier alpha value is -2.34. The molecule has 1 aliphatic heterocycles. The monoisotopic (exact) mass is 359 g/mol. The predicted molar refractivity (Wildman–Crippen MR) is 97.7 cm³/mol. The van der Waals surface area contributed by atoms with Crippen LogP contribution in [0.2, 0.25) is 0 Å². The Morgan fingerprint density at radius 1 is 1.08 bits per heavy atom. The zero-order valence-corrected chi connectivity index (χ0v) is 15.3. The number of amides is 1. The van der Waals surface area contributed by atoms with Gasteiger partial charge >= 0.3 is 0 Å². The second-order valence-corrected chi connectivity index (χ2v) is 6.90. The van der Waals surface area contributed by atoms with Crippen molar-refractivity contribution in [3.8, 4) is 17.2 Å². The second kappa shape index (κ2) is 7.70. The van der Waals surface area contributed by atoms with Gasteiger partial charge in [0.1, 0.15) is 5.75 Å². The SMILES string of the molecule is COc1cc(OC)c(OC)cc1CNC(=O)[C@H]1Cc2ccccc2S1. The molecule has 2 aromatic rings. The van der Waals surface area contributed by atoms with E-state index in [-0.39, 0.29) is 11.2 Å². The van der Waals surface area contributed by atoms with Gasteiger partial charge in [-0.15, -0.1) is 11.8 Å². The third kappa shape index (κ3) is 3.69. The molecule has 6 heteroatoms. The fourth-order valence-electron chi connectivity index (χ4n) is 2.86. The summed E-state index contributed by atoms with van der Waals surface area (Å²) < 4.78 is 16.0. The lowest BCUT2D eigenvalue weighted by Crippen LogP contribution is -2.32. The Bertz CT molecular complexity index is 753. The van der Waals surface area contributed by atoms with Gasteiger partial charge in [-0.05, 0) is 24.1 Å². The minimum absolute atomic E-state index is 0.0260. The number of hydrogen-bond donors (Lipinski definition) is 1. The van der Waals surface area contributed by atoms with Crippen molar-refractivity contribution >= 4 is 17.7 Å². The largest absolute Gasteiger partial charge is 0.496 e. The van der Waals surface area contributed by atoms with E-state index >= 15 is 0 Å². The Morgan fingerprint density at radius 2 is 1.76 bits per heavy atom. The van der Waals surface area contributed by atoms with Gasteiger partial charge in [0.2, 0.25) is 5.91 Å². The minimum Gasteiger partial charge on any atom is -0.496 e. The average molecular weight is 359 g/mol. The molecule has 1 aliphatic rings. The van der Waals surface area contributed by atoms with Gasteiger partial charge in [0.25, 0.3) is 0 Å². The third-order valence-corrected chi connectivity index (χ3v) is 5.50. The first-order chi connectivity index (χ1) is 12.2. The molecule has 0 saturated heterocycles. The van der Waals surface area contributed by atoms with E-state index in [2.05, 4.69) is 17.4 Å². The molecule has 5 nitrogen and oxygen atoms in total. The molecule has 0 bridgehead atoms. The highest BCUT2D eigenvalue weighted by Gasteiger charge is 2.28. The van der Waals surface area contributed by atoms with E-state index in [9.17, 15) is 4.79 Å². The van der Waals surface area contributed by atoms with Crippen LogP contribution in [-0.2, 0) is 17.8 Å². The van der Waals surface area contributed by atoms with Crippen LogP contribution in [0.15, 0.2) is 41.3 Å². The van der Waals surface area contributed by atoms with Crippen LogP contribution in [0.3, 0.4) is 0 Å². The molecule has 0 saturated carbocycles. The first kappa shape index (κ1) is 17.5. The molecule has 0 aliphatic carbocycles. The van der Waals surface area contributed by atoms with Crippen molar-refractivity contribution in [2.24, 2.45) is 0 Å². The van der Waals surface area contributed by atoms with Gasteiger partial charge in [0, 0.05) is 23.1 Å². The summed E-state index contributed by atoms with van der Waals surface area (Å²) in [5.41, 5.74) is 2.07. The van der Waals surface area contributed by atoms with E-state index in [4.69, 9.17) is 14.2 Å². The average Bonchev–Trinajstić information content (AvgIpc) is 3.09. The molecule has 0 unspecified atom stereocenters. The summed E-state index contributed by atoms with van der Waals surface area (Å²) in [6, 6.07) is 11.7. The number of benzene rings is 2. The van der Waals surface area contributed by atoms with Gasteiger partial charge in [0.05, 0.1) is 26.6 Å². The van der Waals surface area contributed by atoms with Gasteiger partial charge in [-0.3, -0.25) is 4.79 Å². The molecule has 0 fully saturated rings. The number of carbonyl (C=O) groups is 1. The lowest BCUT2D eigenvalue weighted by Gasteiger charge is -2.15. The third-order valence-electron chi connectivity index (χ3n) is 4.18. The van der Waals surface area contributed by atoms with E-state index in [1.165, 1.54) is 10.5 Å². The van der Waals surface area contributed by atoms with Gasteiger partial charge in [-0.2, -0.15) is 0 Å². The number of rotatable bonds is 6. The summed E-state index contributed by atoms with van der Waals surface area (Å²) in [5.74, 6) is 1.88. The van der Waals surface area contributed by atoms with E-state index in [0.29, 0.717) is 23.8 Å². The summed E-state index contributed by atoms with van der Waals surface area (Å²) in [6.45, 7) is 0.371. The van der Waals surface area contributed by atoms with Crippen molar-refractivity contribution in [2.75, 3.05) is 21.3 Å². The van der Waals surface area contributed by atoms with Crippen LogP contribution in [0.4, 0.5) is 0 Å². The van der Waals surface area contributed by atoms with Crippen molar-refractivity contribution in [3.05, 3.63) is 47.5 Å². The number of fused-ring (bicyclic) bond motifs is 1. The highest BCUT2D eigenvalue weighted by molar-refractivity contribution is 8.01. The number of thioether (sulfide) groups is 1. The van der Waals surface area contributed by atoms with Crippen molar-refractivity contribution in [1.29, 1.82) is 0 Å². The van der Waals surface area contributed by atoms with Crippen LogP contribution in [0, 0.1) is 0 Å². The maximum Gasteiger partial charge on any atom is 0.234 e. The molecule has 2 aromatic carbocycles. The van der Waals surface area contributed by atoms with Crippen LogP contribution in [0.5, 0.6) is 17.2 Å². The zero-order valence-electron chi connectivity index (χ0n) is 14.5. The van der Waals surface area contributed by atoms with Crippen LogP contribution in [0.25, 0.3) is 0 Å². The number of methoxy groups -OCH3 is 3. The highest BCUT2D eigenvalue weighted by atomic mass is 32.2. The molecule has 0 radical (unpaired) electrons. The topological polar surface area (TPSA) is 56.8 Å². The maximum absolute atomic E-state index is 12.5. The molecular weight excluding hydrogens is 338 g/mol. The molecule has 1 atom stereocenters. The molecule has 3 rings (SSSR count). The van der Waals surface area contributed by atoms with E-state index in [1.807, 2.05) is 18.2 Å². The van der Waals surface area contributed by atoms with Crippen molar-refractivity contribution in [1.82, 2.24) is 5.32 Å². The normalized spacial score (nSPS) is 15.4. The van der Waals surface area contributed by atoms with Gasteiger partial charge in [-0.1, -0.05) is 18.2 Å². The fraction of sp³-hybridized carbons (Fsp3) is 0.316. The van der Waals surface area contributed by atoms with Crippen molar-refractivity contribution in [2.45, 2.75) is 23.1 Å².